The summed E-state index contributed by atoms with van der Waals surface area (Å²) in [5.41, 5.74) is 0.821. The summed E-state index contributed by atoms with van der Waals surface area (Å²) in [7, 11) is 3.47. The maximum Gasteiger partial charge on any atom is 0.124 e. The van der Waals surface area contributed by atoms with Crippen molar-refractivity contribution in [2.75, 3.05) is 14.2 Å². The van der Waals surface area contributed by atoms with E-state index in [1.165, 1.54) is 17.0 Å². The van der Waals surface area contributed by atoms with Gasteiger partial charge >= 0.3 is 0 Å². The van der Waals surface area contributed by atoms with E-state index in [0.29, 0.717) is 5.75 Å². The molecule has 0 fully saturated rings. The number of benzene rings is 1. The zero-order valence-electron chi connectivity index (χ0n) is 10.7. The molecule has 0 spiro atoms. The third-order valence-corrected chi connectivity index (χ3v) is 3.90. The average Bonchev–Trinajstić information content (AvgIpc) is 2.77. The van der Waals surface area contributed by atoms with Crippen LogP contribution in [-0.2, 0) is 0 Å². The lowest BCUT2D eigenvalue weighted by Crippen LogP contribution is -2.17. The van der Waals surface area contributed by atoms with Crippen molar-refractivity contribution in [3.8, 4) is 5.75 Å². The summed E-state index contributed by atoms with van der Waals surface area (Å²) >= 11 is 1.70. The molecule has 2 nitrogen and oxygen atoms in total. The molecular formula is C14H16FNOS. The molecule has 18 heavy (non-hydrogen) atoms. The van der Waals surface area contributed by atoms with E-state index >= 15 is 0 Å². The van der Waals surface area contributed by atoms with Gasteiger partial charge in [-0.1, -0.05) is 0 Å². The summed E-state index contributed by atoms with van der Waals surface area (Å²) in [6.07, 6.45) is 0. The van der Waals surface area contributed by atoms with Gasteiger partial charge < -0.3 is 10.1 Å². The Hall–Kier alpha value is -1.39. The molecular weight excluding hydrogens is 249 g/mol. The molecule has 4 heteroatoms. The summed E-state index contributed by atoms with van der Waals surface area (Å²) in [6, 6.07) is 8.68. The second-order valence-electron chi connectivity index (χ2n) is 4.06. The molecule has 0 aliphatic carbocycles. The van der Waals surface area contributed by atoms with Crippen molar-refractivity contribution in [2.24, 2.45) is 0 Å². The van der Waals surface area contributed by atoms with Gasteiger partial charge in [-0.05, 0) is 44.3 Å². The number of methoxy groups -OCH3 is 1. The standard InChI is InChI=1S/C14H16FNOS/c1-9-4-7-13(18-9)14(16-2)11-8-10(15)5-6-12(11)17-3/h4-8,14,16H,1-3H3. The molecule has 0 radical (unpaired) electrons. The minimum atomic E-state index is -0.251. The highest BCUT2D eigenvalue weighted by Gasteiger charge is 2.18. The van der Waals surface area contributed by atoms with Crippen molar-refractivity contribution >= 4 is 11.3 Å². The predicted octanol–water partition coefficient (Wildman–Crippen LogP) is 3.51. The average molecular weight is 265 g/mol. The number of nitrogens with one attached hydrogen (secondary N) is 1. The van der Waals surface area contributed by atoms with E-state index in [-0.39, 0.29) is 11.9 Å². The summed E-state index contributed by atoms with van der Waals surface area (Å²) in [4.78, 5) is 2.39. The Balaban J connectivity index is 2.47. The lowest BCUT2D eigenvalue weighted by atomic mass is 10.0. The molecule has 1 aromatic heterocycles. The molecule has 1 N–H and O–H groups in total. The van der Waals surface area contributed by atoms with Gasteiger partial charge in [-0.15, -0.1) is 11.3 Å². The van der Waals surface area contributed by atoms with E-state index in [9.17, 15) is 4.39 Å². The first kappa shape index (κ1) is 13.1. The topological polar surface area (TPSA) is 21.3 Å². The summed E-state index contributed by atoms with van der Waals surface area (Å²) in [5, 5.41) is 3.21. The molecule has 96 valence electrons. The van der Waals surface area contributed by atoms with Gasteiger partial charge in [0, 0.05) is 15.3 Å². The van der Waals surface area contributed by atoms with Crippen LogP contribution < -0.4 is 10.1 Å². The zero-order chi connectivity index (χ0) is 13.1. The van der Waals surface area contributed by atoms with Crippen LogP contribution in [0.1, 0.15) is 21.4 Å². The minimum Gasteiger partial charge on any atom is -0.496 e. The third kappa shape index (κ3) is 2.54. The van der Waals surface area contributed by atoms with Gasteiger partial charge in [-0.2, -0.15) is 0 Å². The molecule has 0 saturated carbocycles. The Morgan fingerprint density at radius 3 is 2.61 bits per heavy atom. The Morgan fingerprint density at radius 1 is 1.28 bits per heavy atom. The summed E-state index contributed by atoms with van der Waals surface area (Å²) in [5.74, 6) is 0.445. The first-order valence-electron chi connectivity index (χ1n) is 5.72. The highest BCUT2D eigenvalue weighted by atomic mass is 32.1. The van der Waals surface area contributed by atoms with Gasteiger partial charge in [-0.3, -0.25) is 0 Å². The van der Waals surface area contributed by atoms with Crippen LogP contribution in [0.2, 0.25) is 0 Å². The van der Waals surface area contributed by atoms with Gasteiger partial charge in [-0.25, -0.2) is 4.39 Å². The van der Waals surface area contributed by atoms with Gasteiger partial charge in [0.25, 0.3) is 0 Å². The van der Waals surface area contributed by atoms with E-state index in [1.807, 2.05) is 7.05 Å². The van der Waals surface area contributed by atoms with Crippen molar-refractivity contribution in [1.82, 2.24) is 5.32 Å². The lowest BCUT2D eigenvalue weighted by Gasteiger charge is -2.18. The van der Waals surface area contributed by atoms with Gasteiger partial charge in [0.05, 0.1) is 13.2 Å². The van der Waals surface area contributed by atoms with Crippen molar-refractivity contribution in [3.05, 3.63) is 51.5 Å². The smallest absolute Gasteiger partial charge is 0.124 e. The zero-order valence-corrected chi connectivity index (χ0v) is 11.5. The molecule has 0 amide bonds. The Bertz CT molecular complexity index is 538. The van der Waals surface area contributed by atoms with Gasteiger partial charge in [0.1, 0.15) is 11.6 Å². The van der Waals surface area contributed by atoms with Crippen molar-refractivity contribution < 1.29 is 9.13 Å². The Morgan fingerprint density at radius 2 is 2.06 bits per heavy atom. The van der Waals surface area contributed by atoms with E-state index in [2.05, 4.69) is 24.4 Å². The molecule has 2 rings (SSSR count). The summed E-state index contributed by atoms with van der Waals surface area (Å²) < 4.78 is 18.7. The normalized spacial score (nSPS) is 12.4. The monoisotopic (exact) mass is 265 g/mol. The van der Waals surface area contributed by atoms with Crippen molar-refractivity contribution in [1.29, 1.82) is 0 Å². The van der Waals surface area contributed by atoms with E-state index in [1.54, 1.807) is 24.5 Å². The molecule has 0 saturated heterocycles. The van der Waals surface area contributed by atoms with Crippen LogP contribution in [0.15, 0.2) is 30.3 Å². The van der Waals surface area contributed by atoms with Crippen LogP contribution in [0.4, 0.5) is 4.39 Å². The fourth-order valence-electron chi connectivity index (χ4n) is 1.99. The first-order valence-corrected chi connectivity index (χ1v) is 6.54. The van der Waals surface area contributed by atoms with Crippen LogP contribution in [-0.4, -0.2) is 14.2 Å². The maximum atomic E-state index is 13.4. The van der Waals surface area contributed by atoms with E-state index < -0.39 is 0 Å². The van der Waals surface area contributed by atoms with Gasteiger partial charge in [0.15, 0.2) is 0 Å². The molecule has 2 aromatic rings. The largest absolute Gasteiger partial charge is 0.496 e. The number of hydrogen-bond acceptors (Lipinski definition) is 3. The second-order valence-corrected chi connectivity index (χ2v) is 5.38. The molecule has 0 aliphatic heterocycles. The van der Waals surface area contributed by atoms with Crippen LogP contribution >= 0.6 is 11.3 Å². The van der Waals surface area contributed by atoms with Crippen LogP contribution in [0.25, 0.3) is 0 Å². The molecule has 1 atom stereocenters. The Labute approximate surface area is 110 Å². The number of halogens is 1. The third-order valence-electron chi connectivity index (χ3n) is 2.84. The molecule has 0 bridgehead atoms. The first-order chi connectivity index (χ1) is 8.65. The Kier molecular flexibility index (Phi) is 3.99. The number of ether oxygens (including phenoxy) is 1. The highest BCUT2D eigenvalue weighted by molar-refractivity contribution is 7.12. The fraction of sp³-hybridized carbons (Fsp3) is 0.286. The summed E-state index contributed by atoms with van der Waals surface area (Å²) in [6.45, 7) is 2.06. The maximum absolute atomic E-state index is 13.4. The number of rotatable bonds is 4. The predicted molar refractivity (Wildman–Crippen MR) is 72.9 cm³/mol. The number of aryl methyl sites for hydroxylation is 1. The molecule has 1 heterocycles. The van der Waals surface area contributed by atoms with Crippen molar-refractivity contribution in [2.45, 2.75) is 13.0 Å². The minimum absolute atomic E-state index is 0.0469. The van der Waals surface area contributed by atoms with Gasteiger partial charge in [0.2, 0.25) is 0 Å². The SMILES string of the molecule is CNC(c1ccc(C)s1)c1cc(F)ccc1OC. The molecule has 1 aromatic carbocycles. The molecule has 0 aliphatic rings. The lowest BCUT2D eigenvalue weighted by molar-refractivity contribution is 0.404. The highest BCUT2D eigenvalue weighted by Crippen LogP contribution is 2.33. The van der Waals surface area contributed by atoms with Crippen LogP contribution in [0.3, 0.4) is 0 Å². The van der Waals surface area contributed by atoms with Crippen LogP contribution in [0.5, 0.6) is 5.75 Å². The fourth-order valence-corrected chi connectivity index (χ4v) is 3.00. The second kappa shape index (κ2) is 5.50. The van der Waals surface area contributed by atoms with Crippen molar-refractivity contribution in [3.63, 3.8) is 0 Å². The van der Waals surface area contributed by atoms with Crippen LogP contribution in [0, 0.1) is 12.7 Å². The molecule has 1 unspecified atom stereocenters. The quantitative estimate of drug-likeness (QED) is 0.913. The number of hydrogen-bond donors (Lipinski definition) is 1. The van der Waals surface area contributed by atoms with E-state index in [4.69, 9.17) is 4.74 Å². The number of thiophene rings is 1. The van der Waals surface area contributed by atoms with E-state index in [0.717, 1.165) is 10.4 Å².